The number of urea groups is 1. The summed E-state index contributed by atoms with van der Waals surface area (Å²) in [4.78, 5) is 25.5. The van der Waals surface area contributed by atoms with Crippen LogP contribution in [0.4, 0.5) is 20.6 Å². The smallest absolute Gasteiger partial charge is 0.333 e. The number of nitrogens with one attached hydrogen (secondary N) is 3. The van der Waals surface area contributed by atoms with E-state index in [0.717, 1.165) is 17.4 Å². The van der Waals surface area contributed by atoms with Crippen LogP contribution in [0.2, 0.25) is 4.34 Å². The third-order valence-corrected chi connectivity index (χ3v) is 8.33. The van der Waals surface area contributed by atoms with E-state index >= 15 is 0 Å². The molecular weight excluding hydrogens is 531 g/mol. The van der Waals surface area contributed by atoms with Gasteiger partial charge in [-0.25, -0.2) is 22.3 Å². The molecule has 4 N–H and O–H groups in total. The van der Waals surface area contributed by atoms with Crippen LogP contribution in [0.25, 0.3) is 16.5 Å². The summed E-state index contributed by atoms with van der Waals surface area (Å²) in [5, 5.41) is 15.4. The zero-order chi connectivity index (χ0) is 26.0. The van der Waals surface area contributed by atoms with Crippen LogP contribution >= 0.6 is 22.9 Å². The molecule has 0 aliphatic carbocycles. The maximum atomic E-state index is 14.3. The van der Waals surface area contributed by atoms with Crippen LogP contribution in [0.5, 0.6) is 0 Å². The van der Waals surface area contributed by atoms with Gasteiger partial charge in [-0.3, -0.25) is 9.36 Å². The molecule has 0 atom stereocenters. The average molecular weight is 551 g/mol. The third kappa shape index (κ3) is 5.21. The van der Waals surface area contributed by atoms with Gasteiger partial charge in [0.05, 0.1) is 21.1 Å². The fourth-order valence-electron chi connectivity index (χ4n) is 3.64. The summed E-state index contributed by atoms with van der Waals surface area (Å²) >= 11 is 6.57. The molecule has 4 aromatic rings. The Balaban J connectivity index is 1.65. The summed E-state index contributed by atoms with van der Waals surface area (Å²) in [5.74, 6) is -0.569. The number of thiophene rings is 1. The van der Waals surface area contributed by atoms with Gasteiger partial charge in [0.2, 0.25) is 0 Å². The Morgan fingerprint density at radius 2 is 1.94 bits per heavy atom. The molecule has 188 valence electrons. The standard InChI is InChI=1S/C23H20ClFN4O5S2/c1-26-18-11-13-6-8-29(22(31)16(13)12-17(18)25)19-3-2-15(10-14(19)7-9-30)27-23(32)28-36(33,34)21-5-4-20(24)35-21/h2-6,8,10-12,26,30H,7,9H2,1H3,(H2,27,28,32). The molecule has 0 saturated carbocycles. The Hall–Kier alpha value is -3.45. The Morgan fingerprint density at radius 1 is 1.17 bits per heavy atom. The van der Waals surface area contributed by atoms with Gasteiger partial charge < -0.3 is 15.7 Å². The van der Waals surface area contributed by atoms with Crippen molar-refractivity contribution in [3.05, 3.63) is 80.8 Å². The first-order chi connectivity index (χ1) is 17.1. The minimum absolute atomic E-state index is 0.118. The number of aromatic nitrogens is 1. The van der Waals surface area contributed by atoms with Crippen LogP contribution in [0, 0.1) is 5.82 Å². The molecular formula is C23H20ClFN4O5S2. The van der Waals surface area contributed by atoms with E-state index in [1.807, 2.05) is 4.72 Å². The molecule has 0 saturated heterocycles. The molecule has 0 radical (unpaired) electrons. The number of hydrogen-bond donors (Lipinski definition) is 4. The summed E-state index contributed by atoms with van der Waals surface area (Å²) in [6, 6.07) is 10.6. The second-order valence-corrected chi connectivity index (χ2v) is 11.2. The van der Waals surface area contributed by atoms with Crippen molar-refractivity contribution in [3.8, 4) is 5.69 Å². The predicted molar refractivity (Wildman–Crippen MR) is 139 cm³/mol. The molecule has 0 aliphatic rings. The molecule has 9 nitrogen and oxygen atoms in total. The number of halogens is 2. The van der Waals surface area contributed by atoms with E-state index in [1.54, 1.807) is 19.2 Å². The monoisotopic (exact) mass is 550 g/mol. The summed E-state index contributed by atoms with van der Waals surface area (Å²) < 4.78 is 42.3. The first kappa shape index (κ1) is 25.6. The summed E-state index contributed by atoms with van der Waals surface area (Å²) in [6.45, 7) is -0.251. The molecule has 0 fully saturated rings. The number of hydrogen-bond acceptors (Lipinski definition) is 7. The highest BCUT2D eigenvalue weighted by Crippen LogP contribution is 2.26. The number of carbonyl (C=O) groups excluding carboxylic acids is 1. The lowest BCUT2D eigenvalue weighted by atomic mass is 10.1. The third-order valence-electron chi connectivity index (χ3n) is 5.28. The Kier molecular flexibility index (Phi) is 7.31. The number of fused-ring (bicyclic) bond motifs is 1. The summed E-state index contributed by atoms with van der Waals surface area (Å²) in [5.41, 5.74) is 0.946. The quantitative estimate of drug-likeness (QED) is 0.276. The van der Waals surface area contributed by atoms with Crippen molar-refractivity contribution in [1.82, 2.24) is 9.29 Å². The average Bonchev–Trinajstić information content (AvgIpc) is 3.27. The van der Waals surface area contributed by atoms with Gasteiger partial charge in [-0.05, 0) is 65.9 Å². The van der Waals surface area contributed by atoms with Gasteiger partial charge in [0.1, 0.15) is 10.0 Å². The van der Waals surface area contributed by atoms with Crippen molar-refractivity contribution in [1.29, 1.82) is 0 Å². The predicted octanol–water partition coefficient (Wildman–Crippen LogP) is 3.93. The van der Waals surface area contributed by atoms with Crippen LogP contribution in [-0.4, -0.2) is 37.8 Å². The van der Waals surface area contributed by atoms with Crippen LogP contribution < -0.4 is 20.9 Å². The van der Waals surface area contributed by atoms with E-state index in [0.29, 0.717) is 16.6 Å². The zero-order valence-corrected chi connectivity index (χ0v) is 21.1. The SMILES string of the molecule is CNc1cc2ccn(-c3ccc(NC(=O)NS(=O)(=O)c4ccc(Cl)s4)cc3CCO)c(=O)c2cc1F. The molecule has 0 unspecified atom stereocenters. The number of aliphatic hydroxyl groups excluding tert-OH is 1. The van der Waals surface area contributed by atoms with Gasteiger partial charge in [-0.1, -0.05) is 11.6 Å². The topological polar surface area (TPSA) is 130 Å². The molecule has 2 aromatic carbocycles. The van der Waals surface area contributed by atoms with E-state index in [9.17, 15) is 27.5 Å². The maximum Gasteiger partial charge on any atom is 0.333 e. The van der Waals surface area contributed by atoms with Crippen molar-refractivity contribution in [2.45, 2.75) is 10.6 Å². The molecule has 0 aliphatic heterocycles. The van der Waals surface area contributed by atoms with Gasteiger partial charge in [0, 0.05) is 25.5 Å². The maximum absolute atomic E-state index is 14.3. The first-order valence-corrected chi connectivity index (χ1v) is 13.2. The van der Waals surface area contributed by atoms with Gasteiger partial charge >= 0.3 is 6.03 Å². The van der Waals surface area contributed by atoms with Crippen LogP contribution in [0.3, 0.4) is 0 Å². The van der Waals surface area contributed by atoms with E-state index in [4.69, 9.17) is 11.6 Å². The number of aliphatic hydroxyl groups is 1. The van der Waals surface area contributed by atoms with Crippen molar-refractivity contribution in [3.63, 3.8) is 0 Å². The number of anilines is 2. The number of benzene rings is 2. The number of carbonyl (C=O) groups is 1. The molecule has 2 aromatic heterocycles. The number of amides is 2. The fraction of sp³-hybridized carbons (Fsp3) is 0.130. The van der Waals surface area contributed by atoms with E-state index in [2.05, 4.69) is 10.6 Å². The number of sulfonamides is 1. The van der Waals surface area contributed by atoms with E-state index < -0.39 is 27.4 Å². The highest BCUT2D eigenvalue weighted by molar-refractivity contribution is 7.92. The van der Waals surface area contributed by atoms with Gasteiger partial charge in [-0.15, -0.1) is 11.3 Å². The molecule has 13 heteroatoms. The molecule has 0 spiro atoms. The molecule has 4 rings (SSSR count). The molecule has 2 amide bonds. The summed E-state index contributed by atoms with van der Waals surface area (Å²) in [6.07, 6.45) is 1.67. The largest absolute Gasteiger partial charge is 0.396 e. The second-order valence-electron chi connectivity index (χ2n) is 7.60. The highest BCUT2D eigenvalue weighted by atomic mass is 35.5. The fourth-order valence-corrected chi connectivity index (χ4v) is 6.03. The van der Waals surface area contributed by atoms with Crippen molar-refractivity contribution in [2.75, 3.05) is 24.3 Å². The first-order valence-electron chi connectivity index (χ1n) is 10.5. The molecule has 0 bridgehead atoms. The lowest BCUT2D eigenvalue weighted by Crippen LogP contribution is -2.34. The summed E-state index contributed by atoms with van der Waals surface area (Å²) in [7, 11) is -2.53. The van der Waals surface area contributed by atoms with E-state index in [1.165, 1.54) is 41.1 Å². The van der Waals surface area contributed by atoms with Crippen molar-refractivity contribution >= 4 is 61.1 Å². The molecule has 2 heterocycles. The lowest BCUT2D eigenvalue weighted by Gasteiger charge is -2.15. The molecule has 36 heavy (non-hydrogen) atoms. The normalized spacial score (nSPS) is 11.4. The minimum atomic E-state index is -4.11. The number of rotatable bonds is 7. The second kappa shape index (κ2) is 10.3. The Bertz CT molecular complexity index is 1640. The Labute approximate surface area is 214 Å². The van der Waals surface area contributed by atoms with Gasteiger partial charge in [-0.2, -0.15) is 0 Å². The number of pyridine rings is 1. The van der Waals surface area contributed by atoms with Gasteiger partial charge in [0.25, 0.3) is 15.6 Å². The number of nitrogens with zero attached hydrogens (tertiary/aromatic N) is 1. The van der Waals surface area contributed by atoms with Crippen LogP contribution in [-0.2, 0) is 16.4 Å². The van der Waals surface area contributed by atoms with Gasteiger partial charge in [0.15, 0.2) is 0 Å². The highest BCUT2D eigenvalue weighted by Gasteiger charge is 2.20. The Morgan fingerprint density at radius 3 is 2.61 bits per heavy atom. The minimum Gasteiger partial charge on any atom is -0.396 e. The van der Waals surface area contributed by atoms with Crippen molar-refractivity contribution in [2.24, 2.45) is 0 Å². The van der Waals surface area contributed by atoms with E-state index in [-0.39, 0.29) is 38.3 Å². The van der Waals surface area contributed by atoms with Crippen LogP contribution in [0.1, 0.15) is 5.56 Å². The zero-order valence-electron chi connectivity index (χ0n) is 18.7. The van der Waals surface area contributed by atoms with Crippen LogP contribution in [0.15, 0.2) is 63.7 Å². The van der Waals surface area contributed by atoms with Crippen molar-refractivity contribution < 1.29 is 22.7 Å². The lowest BCUT2D eigenvalue weighted by molar-refractivity contribution is 0.256.